The Kier molecular flexibility index (Phi) is 9.79. The Morgan fingerprint density at radius 1 is 0.750 bits per heavy atom. The molecule has 1 saturated carbocycles. The summed E-state index contributed by atoms with van der Waals surface area (Å²) in [6.45, 7) is 7.66. The molecule has 0 bridgehead atoms. The molecular weight excluding hydrogens is 352 g/mol. The molecule has 2 aliphatic heterocycles. The minimum Gasteiger partial charge on any atom is -0.352 e. The number of allylic oxidation sites excluding steroid dienone is 1. The van der Waals surface area contributed by atoms with Crippen molar-refractivity contribution in [3.63, 3.8) is 0 Å². The second kappa shape index (κ2) is 12.3. The Labute approximate surface area is 172 Å². The van der Waals surface area contributed by atoms with E-state index < -0.39 is 0 Å². The van der Waals surface area contributed by atoms with Gasteiger partial charge in [0.05, 0.1) is 26.4 Å². The Morgan fingerprint density at radius 3 is 2.11 bits per heavy atom. The molecule has 1 aliphatic carbocycles. The lowest BCUT2D eigenvalue weighted by Gasteiger charge is -2.38. The second-order valence-electron chi connectivity index (χ2n) is 9.09. The lowest BCUT2D eigenvalue weighted by molar-refractivity contribution is -0.235. The van der Waals surface area contributed by atoms with Crippen LogP contribution in [0.3, 0.4) is 0 Å². The lowest BCUT2D eigenvalue weighted by atomic mass is 9.79. The third-order valence-corrected chi connectivity index (χ3v) is 6.68. The minimum atomic E-state index is -0.0533. The molecule has 3 aliphatic rings. The first-order valence-corrected chi connectivity index (χ1v) is 11.9. The highest BCUT2D eigenvalue weighted by Gasteiger charge is 2.32. The molecule has 3 rings (SSSR count). The van der Waals surface area contributed by atoms with E-state index in [4.69, 9.17) is 18.9 Å². The highest BCUT2D eigenvalue weighted by molar-refractivity contribution is 4.88. The molecule has 4 heteroatoms. The van der Waals surface area contributed by atoms with Crippen molar-refractivity contribution in [1.82, 2.24) is 0 Å². The van der Waals surface area contributed by atoms with Gasteiger partial charge in [0.1, 0.15) is 0 Å². The summed E-state index contributed by atoms with van der Waals surface area (Å²) in [7, 11) is 0. The van der Waals surface area contributed by atoms with Gasteiger partial charge in [-0.15, -0.1) is 0 Å². The van der Waals surface area contributed by atoms with Gasteiger partial charge in [-0.05, 0) is 50.9 Å². The normalized spacial score (nSPS) is 37.4. The van der Waals surface area contributed by atoms with E-state index in [1.807, 2.05) is 0 Å². The maximum Gasteiger partial charge on any atom is 0.160 e. The number of rotatable bonds is 9. The molecule has 0 aromatic carbocycles. The first-order valence-electron chi connectivity index (χ1n) is 11.9. The van der Waals surface area contributed by atoms with E-state index in [2.05, 4.69) is 26.0 Å². The molecule has 0 aromatic heterocycles. The van der Waals surface area contributed by atoms with E-state index in [0.717, 1.165) is 51.6 Å². The standard InChI is InChI=1S/C24H42O4/c1-3-5-7-19-9-12-22(13-10-19)24-27-17-21(18-28-24)11-14-23-25-15-20(16-26-23)8-6-4-2/h6,8,19-24H,3-5,7,9-18H2,1-2H3. The van der Waals surface area contributed by atoms with Crippen molar-refractivity contribution in [2.24, 2.45) is 23.7 Å². The summed E-state index contributed by atoms with van der Waals surface area (Å²) in [5, 5.41) is 0. The summed E-state index contributed by atoms with van der Waals surface area (Å²) in [6, 6.07) is 0. The predicted molar refractivity (Wildman–Crippen MR) is 112 cm³/mol. The summed E-state index contributed by atoms with van der Waals surface area (Å²) < 4.78 is 24.0. The van der Waals surface area contributed by atoms with Gasteiger partial charge in [-0.1, -0.05) is 45.3 Å². The van der Waals surface area contributed by atoms with E-state index in [9.17, 15) is 0 Å². The lowest BCUT2D eigenvalue weighted by Crippen LogP contribution is -2.39. The number of hydrogen-bond acceptors (Lipinski definition) is 4. The van der Waals surface area contributed by atoms with Crippen LogP contribution < -0.4 is 0 Å². The van der Waals surface area contributed by atoms with Gasteiger partial charge >= 0.3 is 0 Å². The smallest absolute Gasteiger partial charge is 0.160 e. The molecule has 28 heavy (non-hydrogen) atoms. The highest BCUT2D eigenvalue weighted by Crippen LogP contribution is 2.36. The molecule has 3 fully saturated rings. The van der Waals surface area contributed by atoms with Crippen LogP contribution >= 0.6 is 0 Å². The fourth-order valence-electron chi connectivity index (χ4n) is 4.77. The van der Waals surface area contributed by atoms with E-state index in [1.54, 1.807) is 0 Å². The summed E-state index contributed by atoms with van der Waals surface area (Å²) in [5.74, 6) is 2.44. The SMILES string of the molecule is CCC=CC1COC(CCC2COC(C3CCC(CCCC)CC3)OC2)OC1. The Morgan fingerprint density at radius 2 is 1.46 bits per heavy atom. The van der Waals surface area contributed by atoms with Crippen molar-refractivity contribution in [2.75, 3.05) is 26.4 Å². The summed E-state index contributed by atoms with van der Waals surface area (Å²) in [6.07, 6.45) is 16.9. The van der Waals surface area contributed by atoms with Crippen molar-refractivity contribution in [1.29, 1.82) is 0 Å². The maximum atomic E-state index is 6.13. The van der Waals surface area contributed by atoms with Crippen molar-refractivity contribution in [3.8, 4) is 0 Å². The van der Waals surface area contributed by atoms with E-state index in [1.165, 1.54) is 44.9 Å². The van der Waals surface area contributed by atoms with Gasteiger partial charge in [-0.25, -0.2) is 0 Å². The van der Waals surface area contributed by atoms with Crippen molar-refractivity contribution in [3.05, 3.63) is 12.2 Å². The van der Waals surface area contributed by atoms with Gasteiger partial charge in [0.15, 0.2) is 12.6 Å². The van der Waals surface area contributed by atoms with Gasteiger partial charge in [0.2, 0.25) is 0 Å². The zero-order valence-electron chi connectivity index (χ0n) is 18.2. The zero-order valence-corrected chi connectivity index (χ0v) is 18.2. The van der Waals surface area contributed by atoms with E-state index in [0.29, 0.717) is 17.8 Å². The summed E-state index contributed by atoms with van der Waals surface area (Å²) >= 11 is 0. The summed E-state index contributed by atoms with van der Waals surface area (Å²) in [5.41, 5.74) is 0. The van der Waals surface area contributed by atoms with Gasteiger partial charge in [-0.3, -0.25) is 0 Å². The predicted octanol–water partition coefficient (Wildman–Crippen LogP) is 5.71. The quantitative estimate of drug-likeness (QED) is 0.470. The fraction of sp³-hybridized carbons (Fsp3) is 0.917. The second-order valence-corrected chi connectivity index (χ2v) is 9.09. The fourth-order valence-corrected chi connectivity index (χ4v) is 4.77. The van der Waals surface area contributed by atoms with Crippen molar-refractivity contribution in [2.45, 2.75) is 90.6 Å². The van der Waals surface area contributed by atoms with Crippen molar-refractivity contribution < 1.29 is 18.9 Å². The third-order valence-electron chi connectivity index (χ3n) is 6.68. The van der Waals surface area contributed by atoms with E-state index in [-0.39, 0.29) is 12.6 Å². The van der Waals surface area contributed by atoms with Crippen LogP contribution in [-0.4, -0.2) is 39.0 Å². The summed E-state index contributed by atoms with van der Waals surface area (Å²) in [4.78, 5) is 0. The van der Waals surface area contributed by atoms with Gasteiger partial charge in [0, 0.05) is 17.8 Å². The average molecular weight is 395 g/mol. The first-order chi connectivity index (χ1) is 13.8. The number of hydrogen-bond donors (Lipinski definition) is 0. The maximum absolute atomic E-state index is 6.13. The van der Waals surface area contributed by atoms with Crippen LogP contribution in [0.4, 0.5) is 0 Å². The molecule has 0 aromatic rings. The number of ether oxygens (including phenoxy) is 4. The molecule has 162 valence electrons. The highest BCUT2D eigenvalue weighted by atomic mass is 16.7. The van der Waals surface area contributed by atoms with Crippen LogP contribution in [0.5, 0.6) is 0 Å². The minimum absolute atomic E-state index is 0.0386. The van der Waals surface area contributed by atoms with Gasteiger partial charge in [0.25, 0.3) is 0 Å². The number of unbranched alkanes of at least 4 members (excludes halogenated alkanes) is 1. The van der Waals surface area contributed by atoms with Crippen LogP contribution in [-0.2, 0) is 18.9 Å². The molecule has 2 saturated heterocycles. The zero-order chi connectivity index (χ0) is 19.6. The average Bonchev–Trinajstić information content (AvgIpc) is 2.76. The Hall–Kier alpha value is -0.420. The van der Waals surface area contributed by atoms with E-state index >= 15 is 0 Å². The first kappa shape index (κ1) is 22.3. The van der Waals surface area contributed by atoms with Crippen LogP contribution in [0.2, 0.25) is 0 Å². The molecule has 0 atom stereocenters. The van der Waals surface area contributed by atoms with Gasteiger partial charge in [-0.2, -0.15) is 0 Å². The van der Waals surface area contributed by atoms with Crippen LogP contribution in [0.25, 0.3) is 0 Å². The Balaban J connectivity index is 1.26. The topological polar surface area (TPSA) is 36.9 Å². The van der Waals surface area contributed by atoms with Gasteiger partial charge < -0.3 is 18.9 Å². The molecule has 0 unspecified atom stereocenters. The Bertz CT molecular complexity index is 428. The van der Waals surface area contributed by atoms with Crippen LogP contribution in [0.1, 0.15) is 78.1 Å². The molecule has 0 N–H and O–H groups in total. The molecule has 0 amide bonds. The van der Waals surface area contributed by atoms with Crippen LogP contribution in [0.15, 0.2) is 12.2 Å². The molecular formula is C24H42O4. The monoisotopic (exact) mass is 394 g/mol. The molecule has 0 spiro atoms. The largest absolute Gasteiger partial charge is 0.352 e. The third kappa shape index (κ3) is 7.12. The molecule has 4 nitrogen and oxygen atoms in total. The molecule has 0 radical (unpaired) electrons. The molecule has 2 heterocycles. The van der Waals surface area contributed by atoms with Crippen LogP contribution in [0, 0.1) is 23.7 Å². The van der Waals surface area contributed by atoms with Crippen molar-refractivity contribution >= 4 is 0 Å².